The number of carbonyl (C=O) groups is 1. The van der Waals surface area contributed by atoms with E-state index in [0.29, 0.717) is 12.8 Å². The molecule has 222 valence electrons. The fourth-order valence-electron chi connectivity index (χ4n) is 4.67. The highest BCUT2D eigenvalue weighted by molar-refractivity contribution is 5.76. The highest BCUT2D eigenvalue weighted by atomic mass is 16.3. The molecule has 0 fully saturated rings. The standard InChI is InChI=1S/C34H63NO3/c1-3-5-7-9-11-13-15-16-17-18-20-22-24-26-28-30-34(38)35-32(31-36)33(37)29-27-25-23-21-19-14-12-10-8-6-4-2/h5,7,11,13,16-17,32-33,36-37H,3-4,6,8-10,12,14-15,18-31H2,1-2H3,(H,35,38)/b7-5-,13-11-,17-16-/t32-,33+/m0/s1. The van der Waals surface area contributed by atoms with Crippen molar-refractivity contribution in [2.75, 3.05) is 6.61 Å². The lowest BCUT2D eigenvalue weighted by molar-refractivity contribution is -0.123. The Morgan fingerprint density at radius 2 is 1.16 bits per heavy atom. The Hall–Kier alpha value is -1.39. The molecule has 4 nitrogen and oxygen atoms in total. The summed E-state index contributed by atoms with van der Waals surface area (Å²) in [7, 11) is 0. The second-order valence-corrected chi connectivity index (χ2v) is 10.8. The van der Waals surface area contributed by atoms with Gasteiger partial charge in [0, 0.05) is 6.42 Å². The van der Waals surface area contributed by atoms with Crippen molar-refractivity contribution in [2.24, 2.45) is 0 Å². The molecule has 38 heavy (non-hydrogen) atoms. The maximum atomic E-state index is 12.3. The number of nitrogens with one attached hydrogen (secondary N) is 1. The van der Waals surface area contributed by atoms with E-state index in [1.807, 2.05) is 0 Å². The van der Waals surface area contributed by atoms with Gasteiger partial charge in [0.2, 0.25) is 5.91 Å². The lowest BCUT2D eigenvalue weighted by Crippen LogP contribution is -2.45. The number of carbonyl (C=O) groups excluding carboxylic acids is 1. The monoisotopic (exact) mass is 533 g/mol. The first-order valence-corrected chi connectivity index (χ1v) is 16.2. The molecule has 0 radical (unpaired) electrons. The van der Waals surface area contributed by atoms with Crippen molar-refractivity contribution in [3.05, 3.63) is 36.5 Å². The maximum absolute atomic E-state index is 12.3. The van der Waals surface area contributed by atoms with Gasteiger partial charge in [0.05, 0.1) is 18.8 Å². The number of hydrogen-bond acceptors (Lipinski definition) is 3. The summed E-state index contributed by atoms with van der Waals surface area (Å²) in [5.74, 6) is -0.0526. The highest BCUT2D eigenvalue weighted by Gasteiger charge is 2.19. The summed E-state index contributed by atoms with van der Waals surface area (Å²) in [6, 6.07) is -0.542. The van der Waals surface area contributed by atoms with Gasteiger partial charge in [-0.15, -0.1) is 0 Å². The third kappa shape index (κ3) is 26.2. The molecule has 0 saturated heterocycles. The zero-order valence-corrected chi connectivity index (χ0v) is 25.2. The molecule has 3 N–H and O–H groups in total. The number of aliphatic hydroxyl groups excluding tert-OH is 2. The summed E-state index contributed by atoms with van der Waals surface area (Å²) in [5, 5.41) is 22.9. The van der Waals surface area contributed by atoms with E-state index in [9.17, 15) is 15.0 Å². The molecule has 0 aliphatic heterocycles. The van der Waals surface area contributed by atoms with Gasteiger partial charge in [0.15, 0.2) is 0 Å². The summed E-state index contributed by atoms with van der Waals surface area (Å²) in [6.45, 7) is 4.21. The topological polar surface area (TPSA) is 69.6 Å². The van der Waals surface area contributed by atoms with E-state index in [4.69, 9.17) is 0 Å². The molecule has 0 aromatic carbocycles. The quantitative estimate of drug-likeness (QED) is 0.0693. The van der Waals surface area contributed by atoms with Gasteiger partial charge >= 0.3 is 0 Å². The molecule has 2 atom stereocenters. The van der Waals surface area contributed by atoms with E-state index in [0.717, 1.165) is 57.8 Å². The summed E-state index contributed by atoms with van der Waals surface area (Å²) >= 11 is 0. The third-order valence-corrected chi connectivity index (χ3v) is 7.17. The van der Waals surface area contributed by atoms with Gasteiger partial charge in [-0.3, -0.25) is 4.79 Å². The Balaban J connectivity index is 3.65. The van der Waals surface area contributed by atoms with Gasteiger partial charge in [-0.1, -0.05) is 140 Å². The number of rotatable bonds is 28. The molecule has 0 rings (SSSR count). The molecule has 0 aromatic heterocycles. The van der Waals surface area contributed by atoms with Crippen LogP contribution >= 0.6 is 0 Å². The predicted molar refractivity (Wildman–Crippen MR) is 165 cm³/mol. The Morgan fingerprint density at radius 3 is 1.74 bits per heavy atom. The van der Waals surface area contributed by atoms with Crippen molar-refractivity contribution in [1.29, 1.82) is 0 Å². The number of amides is 1. The van der Waals surface area contributed by atoms with Crippen molar-refractivity contribution in [2.45, 2.75) is 167 Å². The van der Waals surface area contributed by atoms with Gasteiger partial charge in [0.25, 0.3) is 0 Å². The Labute approximate surface area is 236 Å². The predicted octanol–water partition coefficient (Wildman–Crippen LogP) is 9.12. The van der Waals surface area contributed by atoms with Crippen LogP contribution in [0.4, 0.5) is 0 Å². The van der Waals surface area contributed by atoms with Gasteiger partial charge in [-0.05, 0) is 44.9 Å². The number of allylic oxidation sites excluding steroid dienone is 6. The molecule has 0 bridgehead atoms. The molecule has 0 saturated carbocycles. The number of aliphatic hydroxyl groups is 2. The lowest BCUT2D eigenvalue weighted by atomic mass is 10.0. The average Bonchev–Trinajstić information content (AvgIpc) is 2.92. The fraction of sp³-hybridized carbons (Fsp3) is 0.794. The van der Waals surface area contributed by atoms with E-state index in [1.54, 1.807) is 0 Å². The van der Waals surface area contributed by atoms with E-state index in [-0.39, 0.29) is 12.5 Å². The Kier molecular flexibility index (Phi) is 29.1. The van der Waals surface area contributed by atoms with Gasteiger partial charge in [-0.2, -0.15) is 0 Å². The zero-order valence-electron chi connectivity index (χ0n) is 25.2. The van der Waals surface area contributed by atoms with Crippen molar-refractivity contribution in [1.82, 2.24) is 5.32 Å². The van der Waals surface area contributed by atoms with Gasteiger partial charge in [0.1, 0.15) is 0 Å². The third-order valence-electron chi connectivity index (χ3n) is 7.17. The molecular weight excluding hydrogens is 470 g/mol. The normalized spacial score (nSPS) is 13.7. The van der Waals surface area contributed by atoms with Crippen LogP contribution in [0, 0.1) is 0 Å². The van der Waals surface area contributed by atoms with Crippen LogP contribution in [-0.4, -0.2) is 34.9 Å². The molecule has 0 spiro atoms. The second-order valence-electron chi connectivity index (χ2n) is 10.8. The molecule has 0 unspecified atom stereocenters. The zero-order chi connectivity index (χ0) is 27.9. The first-order chi connectivity index (χ1) is 18.7. The number of unbranched alkanes of at least 4 members (excludes halogenated alkanes) is 15. The minimum Gasteiger partial charge on any atom is -0.394 e. The Morgan fingerprint density at radius 1 is 0.658 bits per heavy atom. The Bertz CT molecular complexity index is 584. The second kappa shape index (κ2) is 30.2. The van der Waals surface area contributed by atoms with Crippen molar-refractivity contribution in [3.63, 3.8) is 0 Å². The van der Waals surface area contributed by atoms with E-state index in [1.165, 1.54) is 70.6 Å². The van der Waals surface area contributed by atoms with Crippen molar-refractivity contribution in [3.8, 4) is 0 Å². The highest BCUT2D eigenvalue weighted by Crippen LogP contribution is 2.14. The van der Waals surface area contributed by atoms with E-state index < -0.39 is 12.1 Å². The molecule has 0 aromatic rings. The summed E-state index contributed by atoms with van der Waals surface area (Å²) in [4.78, 5) is 12.3. The minimum absolute atomic E-state index is 0.0526. The van der Waals surface area contributed by atoms with Crippen molar-refractivity contribution < 1.29 is 15.0 Å². The molecule has 0 aliphatic rings. The average molecular weight is 534 g/mol. The summed E-state index contributed by atoms with van der Waals surface area (Å²) in [5.41, 5.74) is 0. The van der Waals surface area contributed by atoms with Crippen LogP contribution < -0.4 is 5.32 Å². The molecule has 0 aliphatic carbocycles. The van der Waals surface area contributed by atoms with Crippen LogP contribution in [0.25, 0.3) is 0 Å². The molecule has 0 heterocycles. The first kappa shape index (κ1) is 36.6. The summed E-state index contributed by atoms with van der Waals surface area (Å²) in [6.07, 6.45) is 37.6. The minimum atomic E-state index is -0.663. The smallest absolute Gasteiger partial charge is 0.220 e. The molecular formula is C34H63NO3. The van der Waals surface area contributed by atoms with Crippen LogP contribution in [0.2, 0.25) is 0 Å². The lowest BCUT2D eigenvalue weighted by Gasteiger charge is -2.22. The molecule has 4 heteroatoms. The van der Waals surface area contributed by atoms with Crippen LogP contribution in [0.1, 0.15) is 155 Å². The van der Waals surface area contributed by atoms with Crippen LogP contribution in [0.5, 0.6) is 0 Å². The van der Waals surface area contributed by atoms with Crippen LogP contribution in [0.15, 0.2) is 36.5 Å². The van der Waals surface area contributed by atoms with E-state index in [2.05, 4.69) is 55.6 Å². The van der Waals surface area contributed by atoms with Crippen LogP contribution in [0.3, 0.4) is 0 Å². The van der Waals surface area contributed by atoms with E-state index >= 15 is 0 Å². The van der Waals surface area contributed by atoms with Crippen molar-refractivity contribution >= 4 is 5.91 Å². The maximum Gasteiger partial charge on any atom is 0.220 e. The van der Waals surface area contributed by atoms with Gasteiger partial charge < -0.3 is 15.5 Å². The number of hydrogen-bond donors (Lipinski definition) is 3. The SMILES string of the molecule is CC/C=C\C/C=C\C/C=C\CCCCCCCC(=O)N[C@@H](CO)[C@H](O)CCCCCCCCCCCCC. The first-order valence-electron chi connectivity index (χ1n) is 16.2. The van der Waals surface area contributed by atoms with Gasteiger partial charge in [-0.25, -0.2) is 0 Å². The molecule has 1 amide bonds. The summed E-state index contributed by atoms with van der Waals surface area (Å²) < 4.78 is 0. The largest absolute Gasteiger partial charge is 0.394 e. The van der Waals surface area contributed by atoms with Crippen LogP contribution in [-0.2, 0) is 4.79 Å². The fourth-order valence-corrected chi connectivity index (χ4v) is 4.67.